The minimum Gasteiger partial charge on any atom is -0.348 e. The SMILES string of the molecule is O=Cc1ccc(C(=O)Nc2cccc(Cl)c2Cl)[nH]1. The molecule has 0 unspecified atom stereocenters. The van der Waals surface area contributed by atoms with E-state index in [0.717, 1.165) is 0 Å². The first-order chi connectivity index (χ1) is 8.61. The fourth-order valence-electron chi connectivity index (χ4n) is 1.40. The summed E-state index contributed by atoms with van der Waals surface area (Å²) in [4.78, 5) is 25.0. The van der Waals surface area contributed by atoms with Gasteiger partial charge in [0.05, 0.1) is 21.4 Å². The fourth-order valence-corrected chi connectivity index (χ4v) is 1.75. The highest BCUT2D eigenvalue weighted by Gasteiger charge is 2.11. The minimum atomic E-state index is -0.396. The van der Waals surface area contributed by atoms with E-state index in [9.17, 15) is 9.59 Å². The van der Waals surface area contributed by atoms with Crippen LogP contribution in [0.15, 0.2) is 30.3 Å². The molecular weight excluding hydrogens is 275 g/mol. The first-order valence-corrected chi connectivity index (χ1v) is 5.77. The molecule has 0 bridgehead atoms. The Labute approximate surface area is 113 Å². The first-order valence-electron chi connectivity index (χ1n) is 5.01. The Bertz CT molecular complexity index is 608. The molecule has 2 aromatic rings. The van der Waals surface area contributed by atoms with Gasteiger partial charge in [-0.05, 0) is 24.3 Å². The van der Waals surface area contributed by atoms with E-state index in [4.69, 9.17) is 23.2 Å². The molecule has 6 heteroatoms. The summed E-state index contributed by atoms with van der Waals surface area (Å²) in [5.74, 6) is -0.396. The van der Waals surface area contributed by atoms with E-state index in [1.807, 2.05) is 0 Å². The van der Waals surface area contributed by atoms with Crippen molar-refractivity contribution < 1.29 is 9.59 Å². The maximum Gasteiger partial charge on any atom is 0.272 e. The Morgan fingerprint density at radius 2 is 2.00 bits per heavy atom. The molecule has 4 nitrogen and oxygen atoms in total. The third kappa shape index (κ3) is 2.55. The van der Waals surface area contributed by atoms with Gasteiger partial charge in [0.25, 0.3) is 5.91 Å². The number of anilines is 1. The zero-order valence-electron chi connectivity index (χ0n) is 9.04. The number of aromatic nitrogens is 1. The van der Waals surface area contributed by atoms with Crippen molar-refractivity contribution in [3.05, 3.63) is 51.8 Å². The molecule has 92 valence electrons. The number of aldehydes is 1. The molecule has 0 saturated heterocycles. The lowest BCUT2D eigenvalue weighted by Gasteiger charge is -2.06. The minimum absolute atomic E-state index is 0.271. The number of nitrogens with one attached hydrogen (secondary N) is 2. The number of H-pyrrole nitrogens is 1. The van der Waals surface area contributed by atoms with Crippen molar-refractivity contribution in [3.8, 4) is 0 Å². The highest BCUT2D eigenvalue weighted by molar-refractivity contribution is 6.44. The second kappa shape index (κ2) is 5.25. The van der Waals surface area contributed by atoms with Crippen molar-refractivity contribution >= 4 is 41.1 Å². The fraction of sp³-hybridized carbons (Fsp3) is 0. The van der Waals surface area contributed by atoms with Crippen LogP contribution in [0, 0.1) is 0 Å². The molecule has 0 aliphatic heterocycles. The van der Waals surface area contributed by atoms with Gasteiger partial charge in [-0.1, -0.05) is 29.3 Å². The highest BCUT2D eigenvalue weighted by Crippen LogP contribution is 2.29. The van der Waals surface area contributed by atoms with Crippen LogP contribution in [0.1, 0.15) is 21.0 Å². The number of rotatable bonds is 3. The average Bonchev–Trinajstić information content (AvgIpc) is 2.83. The molecule has 1 aromatic heterocycles. The number of aromatic amines is 1. The first kappa shape index (κ1) is 12.7. The standard InChI is InChI=1S/C12H8Cl2N2O2/c13-8-2-1-3-9(11(8)14)16-12(18)10-5-4-7(6-17)15-10/h1-6,15H,(H,16,18). The topological polar surface area (TPSA) is 62.0 Å². The van der Waals surface area contributed by atoms with Gasteiger partial charge in [0.1, 0.15) is 5.69 Å². The molecular formula is C12H8Cl2N2O2. The van der Waals surface area contributed by atoms with Crippen LogP contribution in [0.4, 0.5) is 5.69 Å². The Hall–Kier alpha value is -1.78. The van der Waals surface area contributed by atoms with Crippen molar-refractivity contribution in [2.24, 2.45) is 0 Å². The summed E-state index contributed by atoms with van der Waals surface area (Å²) in [6, 6.07) is 7.96. The average molecular weight is 283 g/mol. The monoisotopic (exact) mass is 282 g/mol. The molecule has 1 aromatic carbocycles. The van der Waals surface area contributed by atoms with Crippen molar-refractivity contribution in [3.63, 3.8) is 0 Å². The van der Waals surface area contributed by atoms with Crippen LogP contribution >= 0.6 is 23.2 Å². The predicted octanol–water partition coefficient (Wildman–Crippen LogP) is 3.39. The number of hydrogen-bond donors (Lipinski definition) is 2. The second-order valence-electron chi connectivity index (χ2n) is 3.50. The number of halogens is 2. The Balaban J connectivity index is 2.21. The van der Waals surface area contributed by atoms with E-state index in [2.05, 4.69) is 10.3 Å². The smallest absolute Gasteiger partial charge is 0.272 e. The summed E-state index contributed by atoms with van der Waals surface area (Å²) in [6.07, 6.45) is 0.628. The van der Waals surface area contributed by atoms with Crippen LogP contribution in [0.5, 0.6) is 0 Å². The summed E-state index contributed by atoms with van der Waals surface area (Å²) in [5.41, 5.74) is 1.02. The van der Waals surface area contributed by atoms with E-state index in [-0.39, 0.29) is 10.7 Å². The lowest BCUT2D eigenvalue weighted by atomic mass is 10.3. The van der Waals surface area contributed by atoms with Gasteiger partial charge in [0.15, 0.2) is 6.29 Å². The van der Waals surface area contributed by atoms with Gasteiger partial charge in [0.2, 0.25) is 0 Å². The number of amides is 1. The van der Waals surface area contributed by atoms with Crippen LogP contribution < -0.4 is 5.32 Å². The van der Waals surface area contributed by atoms with Crippen molar-refractivity contribution in [2.75, 3.05) is 5.32 Å². The van der Waals surface area contributed by atoms with Gasteiger partial charge in [-0.15, -0.1) is 0 Å². The van der Waals surface area contributed by atoms with E-state index >= 15 is 0 Å². The largest absolute Gasteiger partial charge is 0.348 e. The molecule has 1 amide bonds. The summed E-state index contributed by atoms with van der Waals surface area (Å²) in [7, 11) is 0. The maximum absolute atomic E-state index is 11.8. The zero-order valence-corrected chi connectivity index (χ0v) is 10.5. The van der Waals surface area contributed by atoms with Crippen molar-refractivity contribution in [2.45, 2.75) is 0 Å². The molecule has 2 N–H and O–H groups in total. The second-order valence-corrected chi connectivity index (χ2v) is 4.29. The molecule has 18 heavy (non-hydrogen) atoms. The Morgan fingerprint density at radius 1 is 1.22 bits per heavy atom. The van der Waals surface area contributed by atoms with Gasteiger partial charge in [0, 0.05) is 0 Å². The summed E-state index contributed by atoms with van der Waals surface area (Å²) < 4.78 is 0. The third-order valence-corrected chi connectivity index (χ3v) is 3.10. The molecule has 2 rings (SSSR count). The molecule has 0 radical (unpaired) electrons. The Kier molecular flexibility index (Phi) is 3.69. The number of carbonyl (C=O) groups excluding carboxylic acids is 2. The number of hydrogen-bond acceptors (Lipinski definition) is 2. The van der Waals surface area contributed by atoms with Gasteiger partial charge in [-0.3, -0.25) is 9.59 Å². The van der Waals surface area contributed by atoms with E-state index in [1.165, 1.54) is 12.1 Å². The zero-order chi connectivity index (χ0) is 13.1. The maximum atomic E-state index is 11.8. The van der Waals surface area contributed by atoms with E-state index < -0.39 is 5.91 Å². The molecule has 0 aliphatic carbocycles. The van der Waals surface area contributed by atoms with E-state index in [1.54, 1.807) is 18.2 Å². The molecule has 0 spiro atoms. The molecule has 1 heterocycles. The molecule has 0 saturated carbocycles. The van der Waals surface area contributed by atoms with Crippen molar-refractivity contribution in [1.29, 1.82) is 0 Å². The van der Waals surface area contributed by atoms with Crippen LogP contribution in [0.25, 0.3) is 0 Å². The van der Waals surface area contributed by atoms with Gasteiger partial charge < -0.3 is 10.3 Å². The number of benzene rings is 1. The Morgan fingerprint density at radius 3 is 2.67 bits per heavy atom. The highest BCUT2D eigenvalue weighted by atomic mass is 35.5. The third-order valence-electron chi connectivity index (χ3n) is 2.28. The summed E-state index contributed by atoms with van der Waals surface area (Å²) in [5, 5.41) is 3.23. The van der Waals surface area contributed by atoms with Crippen LogP contribution in [-0.2, 0) is 0 Å². The normalized spacial score (nSPS) is 10.1. The number of carbonyl (C=O) groups is 2. The summed E-state index contributed by atoms with van der Waals surface area (Å²) >= 11 is 11.8. The predicted molar refractivity (Wildman–Crippen MR) is 70.6 cm³/mol. The molecule has 0 aliphatic rings. The van der Waals surface area contributed by atoms with Gasteiger partial charge in [-0.25, -0.2) is 0 Å². The van der Waals surface area contributed by atoms with Gasteiger partial charge >= 0.3 is 0 Å². The van der Waals surface area contributed by atoms with Crippen LogP contribution in [0.2, 0.25) is 10.0 Å². The molecule has 0 fully saturated rings. The quantitative estimate of drug-likeness (QED) is 0.848. The molecule has 0 atom stereocenters. The van der Waals surface area contributed by atoms with Crippen LogP contribution in [0.3, 0.4) is 0 Å². The summed E-state index contributed by atoms with van der Waals surface area (Å²) in [6.45, 7) is 0. The lowest BCUT2D eigenvalue weighted by Crippen LogP contribution is -2.12. The van der Waals surface area contributed by atoms with Crippen molar-refractivity contribution in [1.82, 2.24) is 4.98 Å². The lowest BCUT2D eigenvalue weighted by molar-refractivity contribution is 0.102. The van der Waals surface area contributed by atoms with Crippen LogP contribution in [-0.4, -0.2) is 17.2 Å². The van der Waals surface area contributed by atoms with E-state index in [0.29, 0.717) is 22.7 Å². The van der Waals surface area contributed by atoms with Gasteiger partial charge in [-0.2, -0.15) is 0 Å².